The van der Waals surface area contributed by atoms with Gasteiger partial charge in [0.05, 0.1) is 12.5 Å². The molecule has 0 unspecified atom stereocenters. The molecule has 0 radical (unpaired) electrons. The van der Waals surface area contributed by atoms with Gasteiger partial charge in [0.2, 0.25) is 6.79 Å². The summed E-state index contributed by atoms with van der Waals surface area (Å²) in [6.07, 6.45) is 6.72. The zero-order valence-corrected chi connectivity index (χ0v) is 3.83. The van der Waals surface area contributed by atoms with Crippen LogP contribution in [-0.2, 0) is 9.47 Å². The molecule has 7 heavy (non-hydrogen) atoms. The first-order valence-electron chi connectivity index (χ1n) is 2.05. The molecule has 0 fully saturated rings. The molecule has 2 nitrogen and oxygen atoms in total. The zero-order valence-electron chi connectivity index (χ0n) is 3.83. The molecule has 0 bridgehead atoms. The van der Waals surface area contributed by atoms with E-state index in [1.807, 2.05) is 0 Å². The third kappa shape index (κ3) is 1.30. The largest absolute Gasteiger partial charge is 0.465 e. The molecule has 1 heterocycles. The van der Waals surface area contributed by atoms with E-state index in [0.29, 0.717) is 6.79 Å². The smallest absolute Gasteiger partial charge is 0.229 e. The van der Waals surface area contributed by atoms with Crippen molar-refractivity contribution in [2.24, 2.45) is 0 Å². The maximum atomic E-state index is 4.73. The molecule has 0 aromatic heterocycles. The fourth-order valence-corrected chi connectivity index (χ4v) is 0.320. The summed E-state index contributed by atoms with van der Waals surface area (Å²) < 4.78 is 9.46. The van der Waals surface area contributed by atoms with Gasteiger partial charge in [-0.05, 0) is 12.2 Å². The van der Waals surface area contributed by atoms with Gasteiger partial charge in [-0.15, -0.1) is 0 Å². The maximum absolute atomic E-state index is 4.73. The summed E-state index contributed by atoms with van der Waals surface area (Å²) in [5.74, 6) is 0. The maximum Gasteiger partial charge on any atom is 0.229 e. The minimum absolute atomic E-state index is 0.326. The Bertz CT molecular complexity index is 82.3. The molecule has 38 valence electrons. The van der Waals surface area contributed by atoms with E-state index in [2.05, 4.69) is 0 Å². The van der Waals surface area contributed by atoms with E-state index < -0.39 is 0 Å². The second-order valence-corrected chi connectivity index (χ2v) is 1.11. The van der Waals surface area contributed by atoms with Gasteiger partial charge < -0.3 is 9.47 Å². The van der Waals surface area contributed by atoms with Crippen molar-refractivity contribution >= 4 is 0 Å². The van der Waals surface area contributed by atoms with Crippen molar-refractivity contribution in [3.8, 4) is 0 Å². The van der Waals surface area contributed by atoms with Gasteiger partial charge >= 0.3 is 0 Å². The van der Waals surface area contributed by atoms with Crippen LogP contribution in [0.5, 0.6) is 0 Å². The van der Waals surface area contributed by atoms with Gasteiger partial charge in [0.1, 0.15) is 0 Å². The molecule has 0 amide bonds. The lowest BCUT2D eigenvalue weighted by Crippen LogP contribution is -1.84. The summed E-state index contributed by atoms with van der Waals surface area (Å²) in [5.41, 5.74) is 0. The van der Waals surface area contributed by atoms with E-state index in [1.54, 1.807) is 24.7 Å². The summed E-state index contributed by atoms with van der Waals surface area (Å²) in [4.78, 5) is 0. The van der Waals surface area contributed by atoms with Crippen LogP contribution in [0.2, 0.25) is 0 Å². The summed E-state index contributed by atoms with van der Waals surface area (Å²) in [6, 6.07) is 0. The summed E-state index contributed by atoms with van der Waals surface area (Å²) >= 11 is 0. The van der Waals surface area contributed by atoms with E-state index in [0.717, 1.165) is 0 Å². The van der Waals surface area contributed by atoms with E-state index in [1.165, 1.54) is 0 Å². The van der Waals surface area contributed by atoms with Crippen molar-refractivity contribution in [3.05, 3.63) is 24.7 Å². The quantitative estimate of drug-likeness (QED) is 0.450. The Morgan fingerprint density at radius 2 is 1.57 bits per heavy atom. The molecule has 0 aromatic carbocycles. The minimum Gasteiger partial charge on any atom is -0.465 e. The number of allylic oxidation sites excluding steroid dienone is 2. The fourth-order valence-electron chi connectivity index (χ4n) is 0.320. The van der Waals surface area contributed by atoms with Gasteiger partial charge in [-0.2, -0.15) is 0 Å². The van der Waals surface area contributed by atoms with Crippen molar-refractivity contribution in [1.82, 2.24) is 0 Å². The number of ether oxygens (including phenoxy) is 2. The Labute approximate surface area is 42.0 Å². The first-order valence-corrected chi connectivity index (χ1v) is 2.05. The van der Waals surface area contributed by atoms with Crippen molar-refractivity contribution in [3.63, 3.8) is 0 Å². The fraction of sp³-hybridized carbons (Fsp3) is 0.200. The molecule has 1 aliphatic rings. The van der Waals surface area contributed by atoms with Gasteiger partial charge in [0.25, 0.3) is 0 Å². The van der Waals surface area contributed by atoms with Crippen LogP contribution in [0.15, 0.2) is 24.7 Å². The van der Waals surface area contributed by atoms with Crippen LogP contribution in [0.1, 0.15) is 0 Å². The van der Waals surface area contributed by atoms with Crippen LogP contribution >= 0.6 is 0 Å². The SMILES string of the molecule is C1=COCOC=C1. The van der Waals surface area contributed by atoms with Crippen molar-refractivity contribution in [2.45, 2.75) is 0 Å². The lowest BCUT2D eigenvalue weighted by atomic mass is 10.6. The number of rotatable bonds is 0. The van der Waals surface area contributed by atoms with Gasteiger partial charge in [0, 0.05) is 0 Å². The summed E-state index contributed by atoms with van der Waals surface area (Å²) in [5, 5.41) is 0. The van der Waals surface area contributed by atoms with Crippen LogP contribution < -0.4 is 0 Å². The van der Waals surface area contributed by atoms with Crippen molar-refractivity contribution in [2.75, 3.05) is 6.79 Å². The third-order valence-corrected chi connectivity index (χ3v) is 0.597. The molecule has 0 N–H and O–H groups in total. The molecule has 1 aliphatic heterocycles. The van der Waals surface area contributed by atoms with E-state index in [4.69, 9.17) is 9.47 Å². The van der Waals surface area contributed by atoms with Crippen LogP contribution in [0.25, 0.3) is 0 Å². The molecule has 0 saturated heterocycles. The molecule has 0 aromatic rings. The first kappa shape index (κ1) is 4.24. The second-order valence-electron chi connectivity index (χ2n) is 1.11. The van der Waals surface area contributed by atoms with E-state index in [9.17, 15) is 0 Å². The average molecular weight is 98.1 g/mol. The normalized spacial score (nSPS) is 17.1. The van der Waals surface area contributed by atoms with Gasteiger partial charge in [-0.3, -0.25) is 0 Å². The number of hydrogen-bond acceptors (Lipinski definition) is 2. The molecule has 0 spiro atoms. The third-order valence-electron chi connectivity index (χ3n) is 0.597. The van der Waals surface area contributed by atoms with Crippen LogP contribution in [-0.4, -0.2) is 6.79 Å². The molecular weight excluding hydrogens is 92.1 g/mol. The Morgan fingerprint density at radius 1 is 1.00 bits per heavy atom. The van der Waals surface area contributed by atoms with Crippen LogP contribution in [0.4, 0.5) is 0 Å². The predicted octanol–water partition coefficient (Wildman–Crippen LogP) is 1.02. The summed E-state index contributed by atoms with van der Waals surface area (Å²) in [7, 11) is 0. The van der Waals surface area contributed by atoms with Crippen molar-refractivity contribution in [1.29, 1.82) is 0 Å². The molecule has 2 heteroatoms. The lowest BCUT2D eigenvalue weighted by molar-refractivity contribution is 0.0483. The van der Waals surface area contributed by atoms with Crippen LogP contribution in [0, 0.1) is 0 Å². The first-order chi connectivity index (χ1) is 3.50. The van der Waals surface area contributed by atoms with E-state index in [-0.39, 0.29) is 0 Å². The van der Waals surface area contributed by atoms with Gasteiger partial charge in [-0.1, -0.05) is 0 Å². The standard InChI is InChI=1S/C5H6O2/c1-2-4-7-5-6-3-1/h1-4H,5H2. The minimum atomic E-state index is 0.326. The molecule has 0 saturated carbocycles. The zero-order chi connectivity index (χ0) is 4.95. The molecule has 1 rings (SSSR count). The van der Waals surface area contributed by atoms with Gasteiger partial charge in [-0.25, -0.2) is 0 Å². The highest BCUT2D eigenvalue weighted by molar-refractivity contribution is 4.96. The summed E-state index contributed by atoms with van der Waals surface area (Å²) in [6.45, 7) is 0.326. The van der Waals surface area contributed by atoms with Crippen LogP contribution in [0.3, 0.4) is 0 Å². The Kier molecular flexibility index (Phi) is 1.39. The predicted molar refractivity (Wildman–Crippen MR) is 25.3 cm³/mol. The Hall–Kier alpha value is -0.920. The monoisotopic (exact) mass is 98.0 g/mol. The number of hydrogen-bond donors (Lipinski definition) is 0. The van der Waals surface area contributed by atoms with Gasteiger partial charge in [0.15, 0.2) is 0 Å². The van der Waals surface area contributed by atoms with Crippen molar-refractivity contribution < 1.29 is 9.47 Å². The second kappa shape index (κ2) is 2.29. The van der Waals surface area contributed by atoms with E-state index >= 15 is 0 Å². The highest BCUT2D eigenvalue weighted by Crippen LogP contribution is 1.88. The Morgan fingerprint density at radius 3 is 2.14 bits per heavy atom. The topological polar surface area (TPSA) is 18.5 Å². The Balaban J connectivity index is 2.39. The lowest BCUT2D eigenvalue weighted by Gasteiger charge is -1.93. The highest BCUT2D eigenvalue weighted by atomic mass is 16.7. The molecular formula is C5H6O2. The molecule has 0 atom stereocenters. The average Bonchev–Trinajstić information content (AvgIpc) is 1.90. The molecule has 0 aliphatic carbocycles. The highest BCUT2D eigenvalue weighted by Gasteiger charge is 1.78.